The van der Waals surface area contributed by atoms with Crippen LogP contribution >= 0.6 is 0 Å². The molecule has 0 amide bonds. The van der Waals surface area contributed by atoms with E-state index < -0.39 is 0 Å². The fraction of sp³-hybridized carbons (Fsp3) is 0.0714. The summed E-state index contributed by atoms with van der Waals surface area (Å²) < 4.78 is 13.3. The minimum atomic E-state index is -0.236. The zero-order chi connectivity index (χ0) is 13.4. The van der Waals surface area contributed by atoms with Crippen molar-refractivity contribution in [3.05, 3.63) is 47.9 Å². The van der Waals surface area contributed by atoms with Gasteiger partial charge in [-0.1, -0.05) is 0 Å². The molecule has 0 atom stereocenters. The van der Waals surface area contributed by atoms with Gasteiger partial charge in [-0.2, -0.15) is 0 Å². The average molecular weight is 254 g/mol. The molecule has 0 saturated carbocycles. The second-order valence-corrected chi connectivity index (χ2v) is 4.30. The standard InChI is InChI=1S/C14H11FN4/c1-8-6-9(2-3-10(8)15)12-7-17-11-4-5-13(16)19-14(11)18-12/h2-7H,1H3,(H2,16,18,19). The highest BCUT2D eigenvalue weighted by Crippen LogP contribution is 2.21. The number of hydrogen-bond acceptors (Lipinski definition) is 4. The minimum Gasteiger partial charge on any atom is -0.384 e. The number of nitrogens with zero attached hydrogens (tertiary/aromatic N) is 3. The number of nitrogens with two attached hydrogens (primary N) is 1. The molecule has 19 heavy (non-hydrogen) atoms. The summed E-state index contributed by atoms with van der Waals surface area (Å²) in [5.74, 6) is 0.161. The van der Waals surface area contributed by atoms with Gasteiger partial charge in [-0.25, -0.2) is 14.4 Å². The Kier molecular flexibility index (Phi) is 2.59. The predicted octanol–water partition coefficient (Wildman–Crippen LogP) is 2.72. The molecule has 2 aromatic heterocycles. The van der Waals surface area contributed by atoms with Crippen LogP contribution in [0.4, 0.5) is 10.2 Å². The lowest BCUT2D eigenvalue weighted by Crippen LogP contribution is -1.95. The Bertz CT molecular complexity index is 770. The van der Waals surface area contributed by atoms with Gasteiger partial charge in [-0.15, -0.1) is 0 Å². The molecule has 0 bridgehead atoms. The fourth-order valence-corrected chi connectivity index (χ4v) is 1.86. The van der Waals surface area contributed by atoms with Gasteiger partial charge in [0.1, 0.15) is 17.2 Å². The highest BCUT2D eigenvalue weighted by molar-refractivity contribution is 5.74. The molecule has 0 aliphatic heterocycles. The van der Waals surface area contributed by atoms with Crippen molar-refractivity contribution in [1.29, 1.82) is 0 Å². The van der Waals surface area contributed by atoms with Crippen LogP contribution in [0, 0.1) is 12.7 Å². The molecule has 0 saturated heterocycles. The molecule has 0 aliphatic carbocycles. The summed E-state index contributed by atoms with van der Waals surface area (Å²) in [6.45, 7) is 1.71. The van der Waals surface area contributed by atoms with Gasteiger partial charge in [-0.3, -0.25) is 4.98 Å². The highest BCUT2D eigenvalue weighted by atomic mass is 19.1. The molecule has 2 heterocycles. The van der Waals surface area contributed by atoms with Gasteiger partial charge in [0.25, 0.3) is 0 Å². The third-order valence-electron chi connectivity index (χ3n) is 2.88. The van der Waals surface area contributed by atoms with Gasteiger partial charge in [-0.05, 0) is 42.8 Å². The smallest absolute Gasteiger partial charge is 0.180 e. The summed E-state index contributed by atoms with van der Waals surface area (Å²) in [5.41, 5.74) is 8.81. The SMILES string of the molecule is Cc1cc(-c2cnc3ccc(N)nc3n2)ccc1F. The first kappa shape index (κ1) is 11.5. The fourth-order valence-electron chi connectivity index (χ4n) is 1.86. The number of benzene rings is 1. The van der Waals surface area contributed by atoms with Crippen molar-refractivity contribution in [2.24, 2.45) is 0 Å². The van der Waals surface area contributed by atoms with Crippen molar-refractivity contribution in [2.75, 3.05) is 5.73 Å². The maximum absolute atomic E-state index is 13.3. The van der Waals surface area contributed by atoms with Crippen molar-refractivity contribution in [3.8, 4) is 11.3 Å². The number of halogens is 1. The van der Waals surface area contributed by atoms with Crippen LogP contribution in [0.2, 0.25) is 0 Å². The third-order valence-corrected chi connectivity index (χ3v) is 2.88. The number of nitrogen functional groups attached to an aromatic ring is 1. The molecule has 94 valence electrons. The van der Waals surface area contributed by atoms with Gasteiger partial charge >= 0.3 is 0 Å². The maximum atomic E-state index is 13.3. The molecule has 0 aliphatic rings. The van der Waals surface area contributed by atoms with Crippen LogP contribution in [-0.2, 0) is 0 Å². The first-order valence-electron chi connectivity index (χ1n) is 5.79. The lowest BCUT2D eigenvalue weighted by Gasteiger charge is -2.04. The summed E-state index contributed by atoms with van der Waals surface area (Å²) in [4.78, 5) is 12.8. The molecule has 3 aromatic rings. The Morgan fingerprint density at radius 1 is 1.11 bits per heavy atom. The Labute approximate surface area is 109 Å². The lowest BCUT2D eigenvalue weighted by molar-refractivity contribution is 0.619. The van der Waals surface area contributed by atoms with E-state index in [0.29, 0.717) is 28.2 Å². The number of pyridine rings is 1. The zero-order valence-corrected chi connectivity index (χ0v) is 10.3. The van der Waals surface area contributed by atoms with Crippen LogP contribution < -0.4 is 5.73 Å². The number of rotatable bonds is 1. The van der Waals surface area contributed by atoms with E-state index in [4.69, 9.17) is 5.73 Å². The zero-order valence-electron chi connectivity index (χ0n) is 10.3. The van der Waals surface area contributed by atoms with Crippen molar-refractivity contribution in [1.82, 2.24) is 15.0 Å². The molecule has 3 rings (SSSR count). The molecule has 0 fully saturated rings. The molecule has 4 nitrogen and oxygen atoms in total. The summed E-state index contributed by atoms with van der Waals surface area (Å²) in [7, 11) is 0. The van der Waals surface area contributed by atoms with Crippen LogP contribution in [0.25, 0.3) is 22.4 Å². The second-order valence-electron chi connectivity index (χ2n) is 4.30. The molecule has 0 spiro atoms. The largest absolute Gasteiger partial charge is 0.384 e. The van der Waals surface area contributed by atoms with E-state index in [1.165, 1.54) is 6.07 Å². The average Bonchev–Trinajstić information content (AvgIpc) is 2.41. The highest BCUT2D eigenvalue weighted by Gasteiger charge is 2.06. The molecule has 0 radical (unpaired) electrons. The summed E-state index contributed by atoms with van der Waals surface area (Å²) in [6, 6.07) is 8.27. The van der Waals surface area contributed by atoms with Gasteiger partial charge in [0.05, 0.1) is 11.9 Å². The quantitative estimate of drug-likeness (QED) is 0.725. The van der Waals surface area contributed by atoms with E-state index in [-0.39, 0.29) is 5.82 Å². The molecular formula is C14H11FN4. The summed E-state index contributed by atoms with van der Waals surface area (Å²) in [5, 5.41) is 0. The van der Waals surface area contributed by atoms with E-state index in [1.54, 1.807) is 37.4 Å². The lowest BCUT2D eigenvalue weighted by atomic mass is 10.1. The van der Waals surface area contributed by atoms with Gasteiger partial charge in [0, 0.05) is 5.56 Å². The van der Waals surface area contributed by atoms with E-state index in [0.717, 1.165) is 5.56 Å². The number of aryl methyl sites for hydroxylation is 1. The third kappa shape index (κ3) is 2.10. The number of hydrogen-bond donors (Lipinski definition) is 1. The first-order valence-corrected chi connectivity index (χ1v) is 5.79. The van der Waals surface area contributed by atoms with E-state index >= 15 is 0 Å². The van der Waals surface area contributed by atoms with Crippen molar-refractivity contribution < 1.29 is 4.39 Å². The first-order chi connectivity index (χ1) is 9.13. The molecule has 2 N–H and O–H groups in total. The number of aromatic nitrogens is 3. The topological polar surface area (TPSA) is 64.7 Å². The molecular weight excluding hydrogens is 243 g/mol. The number of anilines is 1. The van der Waals surface area contributed by atoms with Crippen LogP contribution in [0.15, 0.2) is 36.5 Å². The normalized spacial score (nSPS) is 10.8. The van der Waals surface area contributed by atoms with E-state index in [2.05, 4.69) is 15.0 Å². The van der Waals surface area contributed by atoms with Crippen molar-refractivity contribution in [3.63, 3.8) is 0 Å². The maximum Gasteiger partial charge on any atom is 0.180 e. The Balaban J connectivity index is 2.16. The number of fused-ring (bicyclic) bond motifs is 1. The van der Waals surface area contributed by atoms with Gasteiger partial charge in [0.15, 0.2) is 5.65 Å². The summed E-state index contributed by atoms with van der Waals surface area (Å²) in [6.07, 6.45) is 1.65. The Morgan fingerprint density at radius 2 is 1.95 bits per heavy atom. The second kappa shape index (κ2) is 4.28. The predicted molar refractivity (Wildman–Crippen MR) is 71.9 cm³/mol. The van der Waals surface area contributed by atoms with Crippen molar-refractivity contribution >= 4 is 17.0 Å². The van der Waals surface area contributed by atoms with Crippen molar-refractivity contribution in [2.45, 2.75) is 6.92 Å². The minimum absolute atomic E-state index is 0.236. The van der Waals surface area contributed by atoms with Crippen LogP contribution in [0.3, 0.4) is 0 Å². The van der Waals surface area contributed by atoms with Crippen LogP contribution in [0.5, 0.6) is 0 Å². The van der Waals surface area contributed by atoms with Gasteiger partial charge < -0.3 is 5.73 Å². The monoisotopic (exact) mass is 254 g/mol. The van der Waals surface area contributed by atoms with Crippen LogP contribution in [0.1, 0.15) is 5.56 Å². The van der Waals surface area contributed by atoms with Crippen LogP contribution in [-0.4, -0.2) is 15.0 Å². The van der Waals surface area contributed by atoms with Gasteiger partial charge in [0.2, 0.25) is 0 Å². The Hall–Kier alpha value is -2.56. The molecule has 5 heteroatoms. The summed E-state index contributed by atoms with van der Waals surface area (Å²) >= 11 is 0. The van der Waals surface area contributed by atoms with E-state index in [9.17, 15) is 4.39 Å². The Morgan fingerprint density at radius 3 is 2.74 bits per heavy atom. The molecule has 0 unspecified atom stereocenters. The van der Waals surface area contributed by atoms with E-state index in [1.807, 2.05) is 0 Å². The molecule has 1 aromatic carbocycles.